The first-order chi connectivity index (χ1) is 12.2. The van der Waals surface area contributed by atoms with Crippen molar-refractivity contribution in [2.45, 2.75) is 13.8 Å². The topological polar surface area (TPSA) is 55.7 Å². The molecule has 0 saturated heterocycles. The molecule has 0 atom stereocenters. The van der Waals surface area contributed by atoms with Crippen LogP contribution >= 0.6 is 0 Å². The number of fused-ring (bicyclic) bond motifs is 2. The summed E-state index contributed by atoms with van der Waals surface area (Å²) in [6, 6.07) is 16.6. The van der Waals surface area contributed by atoms with Crippen molar-refractivity contribution in [3.63, 3.8) is 0 Å². The summed E-state index contributed by atoms with van der Waals surface area (Å²) in [7, 11) is 0. The van der Waals surface area contributed by atoms with Gasteiger partial charge in [-0.25, -0.2) is 4.98 Å². The van der Waals surface area contributed by atoms with E-state index in [9.17, 15) is 5.26 Å². The molecule has 1 aromatic heterocycles. The average molecular weight is 326 g/mol. The van der Waals surface area contributed by atoms with Crippen LogP contribution in [0.15, 0.2) is 54.2 Å². The summed E-state index contributed by atoms with van der Waals surface area (Å²) in [5.74, 6) is 0.609. The molecule has 1 aliphatic heterocycles. The van der Waals surface area contributed by atoms with Crippen molar-refractivity contribution in [3.8, 4) is 6.07 Å². The summed E-state index contributed by atoms with van der Waals surface area (Å²) in [5, 5.41) is 9.83. The van der Waals surface area contributed by atoms with Crippen LogP contribution in [-0.2, 0) is 0 Å². The molecule has 0 aliphatic carbocycles. The summed E-state index contributed by atoms with van der Waals surface area (Å²) < 4.78 is 0. The van der Waals surface area contributed by atoms with Gasteiger partial charge in [-0.15, -0.1) is 0 Å². The predicted molar refractivity (Wildman–Crippen MR) is 102 cm³/mol. The quantitative estimate of drug-likeness (QED) is 0.697. The summed E-state index contributed by atoms with van der Waals surface area (Å²) in [5.41, 5.74) is 6.75. The van der Waals surface area contributed by atoms with Crippen molar-refractivity contribution in [2.75, 3.05) is 11.4 Å². The van der Waals surface area contributed by atoms with Gasteiger partial charge in [-0.1, -0.05) is 29.8 Å². The zero-order valence-electron chi connectivity index (χ0n) is 14.2. The monoisotopic (exact) mass is 326 g/mol. The van der Waals surface area contributed by atoms with Crippen LogP contribution in [0.1, 0.15) is 23.9 Å². The van der Waals surface area contributed by atoms with E-state index in [-0.39, 0.29) is 0 Å². The number of nitrogens with one attached hydrogen (secondary N) is 1. The van der Waals surface area contributed by atoms with Gasteiger partial charge in [0.2, 0.25) is 0 Å². The van der Waals surface area contributed by atoms with E-state index in [1.165, 1.54) is 11.1 Å². The van der Waals surface area contributed by atoms with Crippen LogP contribution in [0.4, 0.5) is 5.69 Å². The molecule has 4 nitrogen and oxygen atoms in total. The largest absolute Gasteiger partial charge is 0.340 e. The molecule has 1 aliphatic rings. The van der Waals surface area contributed by atoms with Gasteiger partial charge in [0.1, 0.15) is 11.6 Å². The van der Waals surface area contributed by atoms with Gasteiger partial charge in [0.25, 0.3) is 0 Å². The fourth-order valence-electron chi connectivity index (χ4n) is 3.30. The SMILES string of the molecule is CCN1/C(=C(\C#N)c2nc3ccccc3[nH]2)C=Cc2cc(C)ccc21. The molecule has 0 unspecified atom stereocenters. The second-order valence-electron chi connectivity index (χ2n) is 6.11. The number of allylic oxidation sites excluding steroid dienone is 2. The number of H-pyrrole nitrogens is 1. The molecule has 2 heterocycles. The number of nitrogens with zero attached hydrogens (tertiary/aromatic N) is 3. The highest BCUT2D eigenvalue weighted by atomic mass is 15.1. The lowest BCUT2D eigenvalue weighted by atomic mass is 10.0. The Labute approximate surface area is 146 Å². The lowest BCUT2D eigenvalue weighted by molar-refractivity contribution is 0.971. The van der Waals surface area contributed by atoms with E-state index in [1.807, 2.05) is 30.3 Å². The minimum Gasteiger partial charge on any atom is -0.340 e. The molecule has 3 aromatic rings. The number of hydrogen-bond donors (Lipinski definition) is 1. The fourth-order valence-corrected chi connectivity index (χ4v) is 3.30. The van der Waals surface area contributed by atoms with Gasteiger partial charge in [0.15, 0.2) is 5.82 Å². The first-order valence-corrected chi connectivity index (χ1v) is 8.37. The van der Waals surface area contributed by atoms with Crippen LogP contribution in [-0.4, -0.2) is 16.5 Å². The Morgan fingerprint density at radius 2 is 2.04 bits per heavy atom. The highest BCUT2D eigenvalue weighted by Crippen LogP contribution is 2.34. The molecule has 4 rings (SSSR count). The van der Waals surface area contributed by atoms with Crippen LogP contribution in [0, 0.1) is 18.3 Å². The molecule has 0 spiro atoms. The van der Waals surface area contributed by atoms with Crippen LogP contribution in [0.3, 0.4) is 0 Å². The zero-order valence-corrected chi connectivity index (χ0v) is 14.2. The molecule has 0 saturated carbocycles. The van der Waals surface area contributed by atoms with Gasteiger partial charge < -0.3 is 9.88 Å². The average Bonchev–Trinajstić information content (AvgIpc) is 3.05. The normalized spacial score (nSPS) is 15.2. The molecule has 1 N–H and O–H groups in total. The van der Waals surface area contributed by atoms with Gasteiger partial charge in [0.05, 0.1) is 16.7 Å². The second kappa shape index (κ2) is 5.95. The standard InChI is InChI=1S/C21H18N4/c1-3-25-19-10-8-14(2)12-15(19)9-11-20(25)16(13-22)21-23-17-6-4-5-7-18(17)24-21/h4-12H,3H2,1-2H3,(H,23,24)/b20-16+. The highest BCUT2D eigenvalue weighted by molar-refractivity contribution is 5.89. The Bertz CT molecular complexity index is 1030. The van der Waals surface area contributed by atoms with Gasteiger partial charge >= 0.3 is 0 Å². The van der Waals surface area contributed by atoms with Crippen molar-refractivity contribution in [2.24, 2.45) is 0 Å². The van der Waals surface area contributed by atoms with Crippen LogP contribution < -0.4 is 4.90 Å². The number of para-hydroxylation sites is 2. The highest BCUT2D eigenvalue weighted by Gasteiger charge is 2.22. The number of anilines is 1. The Morgan fingerprint density at radius 3 is 2.80 bits per heavy atom. The summed E-state index contributed by atoms with van der Waals surface area (Å²) in [4.78, 5) is 10.0. The summed E-state index contributed by atoms with van der Waals surface area (Å²) in [6.07, 6.45) is 4.08. The van der Waals surface area contributed by atoms with E-state index in [0.29, 0.717) is 11.4 Å². The number of aryl methyl sites for hydroxylation is 1. The minimum absolute atomic E-state index is 0.556. The number of hydrogen-bond acceptors (Lipinski definition) is 3. The lowest BCUT2D eigenvalue weighted by Crippen LogP contribution is -2.25. The molecule has 25 heavy (non-hydrogen) atoms. The molecule has 2 aromatic carbocycles. The number of aromatic amines is 1. The molecular weight excluding hydrogens is 308 g/mol. The van der Waals surface area contributed by atoms with E-state index >= 15 is 0 Å². The van der Waals surface area contributed by atoms with Crippen molar-refractivity contribution in [1.29, 1.82) is 5.26 Å². The van der Waals surface area contributed by atoms with E-state index in [0.717, 1.165) is 29.0 Å². The molecule has 0 bridgehead atoms. The first kappa shape index (κ1) is 15.2. The van der Waals surface area contributed by atoms with Gasteiger partial charge in [0, 0.05) is 12.2 Å². The first-order valence-electron chi connectivity index (χ1n) is 8.37. The maximum absolute atomic E-state index is 9.83. The van der Waals surface area contributed by atoms with E-state index in [1.54, 1.807) is 0 Å². The van der Waals surface area contributed by atoms with E-state index < -0.39 is 0 Å². The van der Waals surface area contributed by atoms with E-state index in [4.69, 9.17) is 0 Å². The molecule has 0 fully saturated rings. The number of nitriles is 1. The minimum atomic E-state index is 0.556. The lowest BCUT2D eigenvalue weighted by Gasteiger charge is -2.30. The maximum atomic E-state index is 9.83. The Balaban J connectivity index is 1.90. The molecule has 0 radical (unpaired) electrons. The number of rotatable bonds is 2. The Morgan fingerprint density at radius 1 is 1.20 bits per heavy atom. The fraction of sp³-hybridized carbons (Fsp3) is 0.143. The summed E-state index contributed by atoms with van der Waals surface area (Å²) in [6.45, 7) is 4.96. The van der Waals surface area contributed by atoms with Crippen LogP contribution in [0.25, 0.3) is 22.7 Å². The van der Waals surface area contributed by atoms with Crippen molar-refractivity contribution >= 4 is 28.4 Å². The predicted octanol–water partition coefficient (Wildman–Crippen LogP) is 4.66. The van der Waals surface area contributed by atoms with Gasteiger partial charge in [-0.05, 0) is 49.8 Å². The van der Waals surface area contributed by atoms with E-state index in [2.05, 4.69) is 59.1 Å². The van der Waals surface area contributed by atoms with Crippen LogP contribution in [0.5, 0.6) is 0 Å². The third-order valence-corrected chi connectivity index (χ3v) is 4.50. The van der Waals surface area contributed by atoms with Crippen molar-refractivity contribution in [3.05, 3.63) is 71.2 Å². The van der Waals surface area contributed by atoms with Gasteiger partial charge in [-0.3, -0.25) is 0 Å². The molecular formula is C21H18N4. The van der Waals surface area contributed by atoms with Crippen molar-refractivity contribution in [1.82, 2.24) is 9.97 Å². The molecule has 0 amide bonds. The van der Waals surface area contributed by atoms with Crippen LogP contribution in [0.2, 0.25) is 0 Å². The third kappa shape index (κ3) is 2.50. The third-order valence-electron chi connectivity index (χ3n) is 4.50. The summed E-state index contributed by atoms with van der Waals surface area (Å²) >= 11 is 0. The molecule has 4 heteroatoms. The zero-order chi connectivity index (χ0) is 17.4. The maximum Gasteiger partial charge on any atom is 0.151 e. The number of imidazole rings is 1. The Kier molecular flexibility index (Phi) is 3.62. The number of aromatic nitrogens is 2. The molecule has 122 valence electrons. The van der Waals surface area contributed by atoms with Gasteiger partial charge in [-0.2, -0.15) is 5.26 Å². The Hall–Kier alpha value is -3.32. The smallest absolute Gasteiger partial charge is 0.151 e. The van der Waals surface area contributed by atoms with Crippen molar-refractivity contribution < 1.29 is 0 Å². The number of benzene rings is 2. The second-order valence-corrected chi connectivity index (χ2v) is 6.11. The number of likely N-dealkylation sites (N-methyl/N-ethyl adjacent to an activating group) is 1.